The topological polar surface area (TPSA) is 265 Å². The van der Waals surface area contributed by atoms with Crippen molar-refractivity contribution in [3.63, 3.8) is 0 Å². The summed E-state index contributed by atoms with van der Waals surface area (Å²) in [6.45, 7) is 1.52. The first-order valence-corrected chi connectivity index (χ1v) is 12.7. The second kappa shape index (κ2) is 16.9. The first-order valence-electron chi connectivity index (χ1n) is 12.7. The van der Waals surface area contributed by atoms with Gasteiger partial charge >= 0.3 is 0 Å². The number of ether oxygens (including phenoxy) is 4. The van der Waals surface area contributed by atoms with Gasteiger partial charge in [0.2, 0.25) is 0 Å². The normalized spacial score (nSPS) is 10.3. The van der Waals surface area contributed by atoms with Crippen molar-refractivity contribution in [3.05, 3.63) is 36.4 Å². The molecular formula is C26H40N10O4. The maximum atomic E-state index is 7.49. The van der Waals surface area contributed by atoms with E-state index in [0.29, 0.717) is 73.0 Å². The summed E-state index contributed by atoms with van der Waals surface area (Å²) in [4.78, 5) is 7.94. The lowest BCUT2D eigenvalue weighted by Gasteiger charge is -2.20. The SMILES string of the molecule is N=C(N)CCCOc1cccc(-c2cccc(OCCN=C(N)N)c2OCCCC(=N)N)c1OCCN=C(N)N. The van der Waals surface area contributed by atoms with Gasteiger partial charge in [-0.1, -0.05) is 24.3 Å². The number of rotatable bonds is 19. The second-order valence-corrected chi connectivity index (χ2v) is 8.53. The van der Waals surface area contributed by atoms with Crippen molar-refractivity contribution in [2.75, 3.05) is 39.5 Å². The van der Waals surface area contributed by atoms with Gasteiger partial charge in [-0.25, -0.2) is 0 Å². The predicted molar refractivity (Wildman–Crippen MR) is 158 cm³/mol. The number of amidine groups is 2. The van der Waals surface area contributed by atoms with Crippen LogP contribution in [0.25, 0.3) is 11.1 Å². The summed E-state index contributed by atoms with van der Waals surface area (Å²) in [6.07, 6.45) is 1.92. The molecule has 0 radical (unpaired) electrons. The van der Waals surface area contributed by atoms with E-state index in [0.717, 1.165) is 0 Å². The highest BCUT2D eigenvalue weighted by molar-refractivity contribution is 5.81. The standard InChI is InChI=1S/C26H40N10O4/c27-21(28)9-3-13-37-19-7-1-6-18(24(19)40-16-12-36-26(33)34)17-5-2-8-20(38-15-11-35-25(31)32)23(17)39-14-4-10-22(29)30/h1-2,5-8H,3-4,9-16H2,(H3,27,28)(H3,29,30)(H4,31,32,35)(H4,33,34,36). The van der Waals surface area contributed by atoms with Gasteiger partial charge in [0.05, 0.1) is 38.0 Å². The van der Waals surface area contributed by atoms with Crippen LogP contribution in [0, 0.1) is 10.8 Å². The van der Waals surface area contributed by atoms with Crippen molar-refractivity contribution in [2.24, 2.45) is 44.4 Å². The van der Waals surface area contributed by atoms with Gasteiger partial charge in [0.1, 0.15) is 13.2 Å². The molecule has 2 aromatic carbocycles. The first-order chi connectivity index (χ1) is 19.2. The first kappa shape index (κ1) is 31.3. The molecule has 218 valence electrons. The number of hydrogen-bond donors (Lipinski definition) is 8. The molecule has 0 aliphatic carbocycles. The summed E-state index contributed by atoms with van der Waals surface area (Å²) in [5.74, 6) is 2.01. The molecule has 0 saturated carbocycles. The largest absolute Gasteiger partial charge is 0.490 e. The van der Waals surface area contributed by atoms with Gasteiger partial charge in [-0.05, 0) is 25.0 Å². The average Bonchev–Trinajstić information content (AvgIpc) is 2.89. The summed E-state index contributed by atoms with van der Waals surface area (Å²) < 4.78 is 24.3. The second-order valence-electron chi connectivity index (χ2n) is 8.53. The molecule has 0 aromatic heterocycles. The molecule has 0 unspecified atom stereocenters. The molecule has 14 heteroatoms. The summed E-state index contributed by atoms with van der Waals surface area (Å²) in [5, 5.41) is 14.9. The summed E-state index contributed by atoms with van der Waals surface area (Å²) >= 11 is 0. The number of nitrogens with two attached hydrogens (primary N) is 6. The molecule has 0 atom stereocenters. The van der Waals surface area contributed by atoms with Crippen molar-refractivity contribution < 1.29 is 18.9 Å². The third kappa shape index (κ3) is 11.2. The van der Waals surface area contributed by atoms with E-state index in [4.69, 9.17) is 64.2 Å². The number of hydrogen-bond acceptors (Lipinski definition) is 8. The molecule has 14 nitrogen and oxygen atoms in total. The molecule has 0 fully saturated rings. The summed E-state index contributed by atoms with van der Waals surface area (Å²) in [7, 11) is 0. The number of nitrogens with zero attached hydrogens (tertiary/aromatic N) is 2. The fourth-order valence-electron chi connectivity index (χ4n) is 3.52. The summed E-state index contributed by atoms with van der Waals surface area (Å²) in [5.41, 5.74) is 34.1. The minimum atomic E-state index is -0.0376. The number of aliphatic imine (C=N–C) groups is 2. The molecule has 14 N–H and O–H groups in total. The lowest BCUT2D eigenvalue weighted by Crippen LogP contribution is -2.23. The lowest BCUT2D eigenvalue weighted by atomic mass is 10.0. The zero-order chi connectivity index (χ0) is 29.3. The van der Waals surface area contributed by atoms with Crippen LogP contribution in [0.4, 0.5) is 0 Å². The Morgan fingerprint density at radius 2 is 0.975 bits per heavy atom. The minimum Gasteiger partial charge on any atom is -0.490 e. The van der Waals surface area contributed by atoms with Crippen LogP contribution in [0.2, 0.25) is 0 Å². The number of guanidine groups is 2. The van der Waals surface area contributed by atoms with Crippen molar-refractivity contribution in [3.8, 4) is 34.1 Å². The van der Waals surface area contributed by atoms with E-state index >= 15 is 0 Å². The van der Waals surface area contributed by atoms with Crippen LogP contribution in [0.1, 0.15) is 25.7 Å². The third-order valence-electron chi connectivity index (χ3n) is 5.21. The van der Waals surface area contributed by atoms with E-state index in [1.54, 1.807) is 12.1 Å². The van der Waals surface area contributed by atoms with Crippen LogP contribution in [0.15, 0.2) is 46.4 Å². The van der Waals surface area contributed by atoms with Crippen LogP contribution in [-0.4, -0.2) is 63.1 Å². The molecule has 0 saturated heterocycles. The molecule has 0 spiro atoms. The van der Waals surface area contributed by atoms with Crippen molar-refractivity contribution in [1.82, 2.24) is 0 Å². The van der Waals surface area contributed by atoms with Gasteiger partial charge in [0, 0.05) is 24.0 Å². The molecule has 2 rings (SSSR count). The Labute approximate surface area is 233 Å². The van der Waals surface area contributed by atoms with E-state index in [1.807, 2.05) is 24.3 Å². The molecule has 0 amide bonds. The molecule has 0 heterocycles. The van der Waals surface area contributed by atoms with E-state index in [9.17, 15) is 0 Å². The summed E-state index contributed by atoms with van der Waals surface area (Å²) in [6, 6.07) is 11.0. The Morgan fingerprint density at radius 1 is 0.575 bits per heavy atom. The number of para-hydroxylation sites is 2. The van der Waals surface area contributed by atoms with Crippen molar-refractivity contribution in [2.45, 2.75) is 25.7 Å². The van der Waals surface area contributed by atoms with Gasteiger partial charge < -0.3 is 53.3 Å². The Balaban J connectivity index is 2.46. The molecule has 2 aromatic rings. The fourth-order valence-corrected chi connectivity index (χ4v) is 3.52. The van der Waals surface area contributed by atoms with Gasteiger partial charge in [-0.3, -0.25) is 20.8 Å². The molecule has 40 heavy (non-hydrogen) atoms. The Bertz CT molecular complexity index is 1180. The van der Waals surface area contributed by atoms with Crippen molar-refractivity contribution >= 4 is 23.6 Å². The molecule has 0 bridgehead atoms. The van der Waals surface area contributed by atoms with Gasteiger partial charge in [0.15, 0.2) is 34.9 Å². The molecular weight excluding hydrogens is 516 g/mol. The maximum Gasteiger partial charge on any atom is 0.186 e. The highest BCUT2D eigenvalue weighted by atomic mass is 16.5. The lowest BCUT2D eigenvalue weighted by molar-refractivity contribution is 0.269. The van der Waals surface area contributed by atoms with Crippen LogP contribution in [-0.2, 0) is 0 Å². The van der Waals surface area contributed by atoms with Gasteiger partial charge in [-0.15, -0.1) is 0 Å². The Kier molecular flexibility index (Phi) is 13.2. The van der Waals surface area contributed by atoms with Crippen molar-refractivity contribution in [1.29, 1.82) is 10.8 Å². The zero-order valence-electron chi connectivity index (χ0n) is 22.5. The van der Waals surface area contributed by atoms with Crippen LogP contribution in [0.5, 0.6) is 23.0 Å². The highest BCUT2D eigenvalue weighted by Crippen LogP contribution is 2.45. The fraction of sp³-hybridized carbons (Fsp3) is 0.385. The Morgan fingerprint density at radius 3 is 1.43 bits per heavy atom. The Hall–Kier alpha value is -4.88. The van der Waals surface area contributed by atoms with Gasteiger partial charge in [0.25, 0.3) is 0 Å². The quantitative estimate of drug-likeness (QED) is 0.0686. The van der Waals surface area contributed by atoms with E-state index in [1.165, 1.54) is 0 Å². The van der Waals surface area contributed by atoms with E-state index in [2.05, 4.69) is 9.98 Å². The third-order valence-corrected chi connectivity index (χ3v) is 5.21. The molecule has 0 aliphatic heterocycles. The molecule has 0 aliphatic rings. The average molecular weight is 557 g/mol. The highest BCUT2D eigenvalue weighted by Gasteiger charge is 2.20. The van der Waals surface area contributed by atoms with Gasteiger partial charge in [-0.2, -0.15) is 0 Å². The minimum absolute atomic E-state index is 0.0271. The number of nitrogens with one attached hydrogen (secondary N) is 2. The predicted octanol–water partition coefficient (Wildman–Crippen LogP) is 0.848. The zero-order valence-corrected chi connectivity index (χ0v) is 22.5. The van der Waals surface area contributed by atoms with E-state index < -0.39 is 0 Å². The number of benzene rings is 2. The van der Waals surface area contributed by atoms with Crippen LogP contribution < -0.4 is 53.3 Å². The maximum absolute atomic E-state index is 7.49. The smallest absolute Gasteiger partial charge is 0.186 e. The monoisotopic (exact) mass is 556 g/mol. The van der Waals surface area contributed by atoms with Crippen LogP contribution in [0.3, 0.4) is 0 Å². The van der Waals surface area contributed by atoms with Crippen LogP contribution >= 0.6 is 0 Å². The van der Waals surface area contributed by atoms with E-state index in [-0.39, 0.29) is 49.9 Å².